The van der Waals surface area contributed by atoms with Gasteiger partial charge in [-0.15, -0.1) is 11.3 Å². The van der Waals surface area contributed by atoms with Crippen molar-refractivity contribution >= 4 is 28.8 Å². The SMILES string of the molecule is O=C(Cc1csc(-c2cccc(F)c2)n1)NCCCCOc1ccc(Cl)cc1. The Balaban J connectivity index is 1.34. The fourth-order valence-corrected chi connectivity index (χ4v) is 3.49. The Labute approximate surface area is 172 Å². The predicted octanol–water partition coefficient (Wildman–Crippen LogP) is 5.12. The number of carbonyl (C=O) groups excluding carboxylic acids is 1. The van der Waals surface area contributed by atoms with Gasteiger partial charge >= 0.3 is 0 Å². The van der Waals surface area contributed by atoms with Gasteiger partial charge in [0, 0.05) is 22.5 Å². The van der Waals surface area contributed by atoms with E-state index in [0.29, 0.717) is 28.9 Å². The molecule has 0 spiro atoms. The highest BCUT2D eigenvalue weighted by atomic mass is 35.5. The van der Waals surface area contributed by atoms with Crippen molar-refractivity contribution in [1.82, 2.24) is 10.3 Å². The monoisotopic (exact) mass is 418 g/mol. The third-order valence-corrected chi connectivity index (χ3v) is 5.13. The van der Waals surface area contributed by atoms with Crippen LogP contribution in [0.1, 0.15) is 18.5 Å². The number of nitrogens with one attached hydrogen (secondary N) is 1. The fraction of sp³-hybridized carbons (Fsp3) is 0.238. The van der Waals surface area contributed by atoms with Gasteiger partial charge in [0.1, 0.15) is 16.6 Å². The van der Waals surface area contributed by atoms with Crippen LogP contribution in [0.3, 0.4) is 0 Å². The first-order valence-corrected chi connectivity index (χ1v) is 10.2. The van der Waals surface area contributed by atoms with Crippen molar-refractivity contribution in [2.24, 2.45) is 0 Å². The van der Waals surface area contributed by atoms with Crippen LogP contribution in [-0.4, -0.2) is 24.0 Å². The molecule has 0 saturated heterocycles. The number of amides is 1. The highest BCUT2D eigenvalue weighted by molar-refractivity contribution is 7.13. The van der Waals surface area contributed by atoms with E-state index in [2.05, 4.69) is 10.3 Å². The quantitative estimate of drug-likeness (QED) is 0.490. The van der Waals surface area contributed by atoms with Crippen LogP contribution in [0.4, 0.5) is 4.39 Å². The summed E-state index contributed by atoms with van der Waals surface area (Å²) in [6.07, 6.45) is 1.88. The van der Waals surface area contributed by atoms with Gasteiger partial charge in [-0.05, 0) is 49.2 Å². The molecule has 2 aromatic carbocycles. The number of thiazole rings is 1. The van der Waals surface area contributed by atoms with Crippen molar-refractivity contribution in [1.29, 1.82) is 0 Å². The lowest BCUT2D eigenvalue weighted by Crippen LogP contribution is -2.26. The van der Waals surface area contributed by atoms with E-state index in [4.69, 9.17) is 16.3 Å². The van der Waals surface area contributed by atoms with Crippen LogP contribution in [0.5, 0.6) is 5.75 Å². The number of halogens is 2. The number of rotatable bonds is 9. The molecule has 1 amide bonds. The molecule has 0 aliphatic carbocycles. The molecule has 0 bridgehead atoms. The Morgan fingerprint density at radius 1 is 1.18 bits per heavy atom. The van der Waals surface area contributed by atoms with Gasteiger partial charge in [0.2, 0.25) is 5.91 Å². The highest BCUT2D eigenvalue weighted by Crippen LogP contribution is 2.24. The van der Waals surface area contributed by atoms with E-state index >= 15 is 0 Å². The lowest BCUT2D eigenvalue weighted by atomic mass is 10.2. The molecule has 0 aliphatic rings. The smallest absolute Gasteiger partial charge is 0.226 e. The third kappa shape index (κ3) is 6.32. The van der Waals surface area contributed by atoms with Gasteiger partial charge < -0.3 is 10.1 Å². The molecule has 4 nitrogen and oxygen atoms in total. The summed E-state index contributed by atoms with van der Waals surface area (Å²) >= 11 is 7.23. The van der Waals surface area contributed by atoms with Gasteiger partial charge in [-0.3, -0.25) is 4.79 Å². The maximum absolute atomic E-state index is 13.3. The molecule has 28 heavy (non-hydrogen) atoms. The van der Waals surface area contributed by atoms with Crippen molar-refractivity contribution in [3.8, 4) is 16.3 Å². The second-order valence-electron chi connectivity index (χ2n) is 6.19. The van der Waals surface area contributed by atoms with Crippen molar-refractivity contribution in [2.45, 2.75) is 19.3 Å². The van der Waals surface area contributed by atoms with E-state index in [9.17, 15) is 9.18 Å². The predicted molar refractivity (Wildman–Crippen MR) is 110 cm³/mol. The van der Waals surface area contributed by atoms with Crippen LogP contribution in [-0.2, 0) is 11.2 Å². The topological polar surface area (TPSA) is 51.2 Å². The summed E-state index contributed by atoms with van der Waals surface area (Å²) in [7, 11) is 0. The first-order chi connectivity index (χ1) is 13.6. The molecule has 0 saturated carbocycles. The van der Waals surface area contributed by atoms with E-state index in [1.54, 1.807) is 24.3 Å². The number of unbranched alkanes of at least 4 members (excludes halogenated alkanes) is 1. The Morgan fingerprint density at radius 3 is 2.79 bits per heavy atom. The Kier molecular flexibility index (Phi) is 7.39. The molecule has 1 heterocycles. The minimum absolute atomic E-state index is 0.0743. The molecule has 3 rings (SSSR count). The van der Waals surface area contributed by atoms with Crippen LogP contribution in [0.25, 0.3) is 10.6 Å². The van der Waals surface area contributed by atoms with Gasteiger partial charge in [0.15, 0.2) is 0 Å². The van der Waals surface area contributed by atoms with E-state index in [0.717, 1.165) is 24.2 Å². The molecule has 1 N–H and O–H groups in total. The molecule has 0 unspecified atom stereocenters. The van der Waals surface area contributed by atoms with E-state index < -0.39 is 0 Å². The average molecular weight is 419 g/mol. The van der Waals surface area contributed by atoms with Crippen LogP contribution in [0, 0.1) is 5.82 Å². The highest BCUT2D eigenvalue weighted by Gasteiger charge is 2.09. The van der Waals surface area contributed by atoms with Gasteiger partial charge in [-0.1, -0.05) is 23.7 Å². The summed E-state index contributed by atoms with van der Waals surface area (Å²) < 4.78 is 18.9. The van der Waals surface area contributed by atoms with E-state index in [1.165, 1.54) is 23.5 Å². The zero-order valence-corrected chi connectivity index (χ0v) is 16.7. The van der Waals surface area contributed by atoms with Gasteiger partial charge in [-0.25, -0.2) is 9.37 Å². The number of hydrogen-bond acceptors (Lipinski definition) is 4. The molecule has 0 fully saturated rings. The lowest BCUT2D eigenvalue weighted by molar-refractivity contribution is -0.120. The van der Waals surface area contributed by atoms with Gasteiger partial charge in [0.25, 0.3) is 0 Å². The molecular weight excluding hydrogens is 399 g/mol. The van der Waals surface area contributed by atoms with E-state index in [-0.39, 0.29) is 18.1 Å². The summed E-state index contributed by atoms with van der Waals surface area (Å²) in [5.41, 5.74) is 1.41. The van der Waals surface area contributed by atoms with Crippen LogP contribution >= 0.6 is 22.9 Å². The summed E-state index contributed by atoms with van der Waals surface area (Å²) in [5.74, 6) is 0.410. The molecule has 1 aromatic heterocycles. The Hall–Kier alpha value is -2.44. The molecule has 0 atom stereocenters. The average Bonchev–Trinajstić information content (AvgIpc) is 3.14. The van der Waals surface area contributed by atoms with Crippen molar-refractivity contribution in [2.75, 3.05) is 13.2 Å². The minimum atomic E-state index is -0.299. The number of ether oxygens (including phenoxy) is 1. The lowest BCUT2D eigenvalue weighted by Gasteiger charge is -2.07. The minimum Gasteiger partial charge on any atom is -0.494 e. The molecule has 7 heteroatoms. The van der Waals surface area contributed by atoms with Crippen LogP contribution < -0.4 is 10.1 Å². The number of hydrogen-bond donors (Lipinski definition) is 1. The van der Waals surface area contributed by atoms with Crippen molar-refractivity contribution in [3.05, 3.63) is 70.4 Å². The van der Waals surface area contributed by atoms with Crippen molar-refractivity contribution in [3.63, 3.8) is 0 Å². The third-order valence-electron chi connectivity index (χ3n) is 3.94. The number of carbonyl (C=O) groups is 1. The zero-order valence-electron chi connectivity index (χ0n) is 15.2. The zero-order chi connectivity index (χ0) is 19.8. The largest absolute Gasteiger partial charge is 0.494 e. The van der Waals surface area contributed by atoms with Crippen LogP contribution in [0.2, 0.25) is 5.02 Å². The first kappa shape index (κ1) is 20.3. The molecule has 146 valence electrons. The molecule has 3 aromatic rings. The summed E-state index contributed by atoms with van der Waals surface area (Å²) in [5, 5.41) is 6.11. The second kappa shape index (κ2) is 10.2. The molecule has 0 radical (unpaired) electrons. The summed E-state index contributed by atoms with van der Waals surface area (Å²) in [4.78, 5) is 16.5. The number of aromatic nitrogens is 1. The normalized spacial score (nSPS) is 10.6. The van der Waals surface area contributed by atoms with E-state index in [1.807, 2.05) is 17.5 Å². The van der Waals surface area contributed by atoms with Crippen molar-refractivity contribution < 1.29 is 13.9 Å². The van der Waals surface area contributed by atoms with Gasteiger partial charge in [-0.2, -0.15) is 0 Å². The standard InChI is InChI=1S/C21H20ClFN2O2S/c22-16-6-8-19(9-7-16)27-11-2-1-10-24-20(26)13-18-14-28-21(25-18)15-4-3-5-17(23)12-15/h3-9,12,14H,1-2,10-11,13H2,(H,24,26). The Morgan fingerprint density at radius 2 is 2.00 bits per heavy atom. The van der Waals surface area contributed by atoms with Gasteiger partial charge in [0.05, 0.1) is 18.7 Å². The first-order valence-electron chi connectivity index (χ1n) is 8.95. The fourth-order valence-electron chi connectivity index (χ4n) is 2.54. The summed E-state index contributed by atoms with van der Waals surface area (Å²) in [6, 6.07) is 13.5. The maximum Gasteiger partial charge on any atom is 0.226 e. The molecular formula is C21H20ClFN2O2S. The second-order valence-corrected chi connectivity index (χ2v) is 7.49. The number of benzene rings is 2. The maximum atomic E-state index is 13.3. The molecule has 0 aliphatic heterocycles. The Bertz CT molecular complexity index is 915. The number of nitrogens with zero attached hydrogens (tertiary/aromatic N) is 1. The summed E-state index contributed by atoms with van der Waals surface area (Å²) in [6.45, 7) is 1.17. The van der Waals surface area contributed by atoms with Crippen LogP contribution in [0.15, 0.2) is 53.9 Å².